The van der Waals surface area contributed by atoms with Gasteiger partial charge < -0.3 is 4.74 Å². The first-order valence-corrected chi connectivity index (χ1v) is 5.68. The highest BCUT2D eigenvalue weighted by atomic mass is 79.9. The van der Waals surface area contributed by atoms with Crippen LogP contribution in [0, 0.1) is 10.1 Å². The zero-order chi connectivity index (χ0) is 11.3. The van der Waals surface area contributed by atoms with Crippen molar-refractivity contribution in [2.75, 3.05) is 12.4 Å². The van der Waals surface area contributed by atoms with Crippen molar-refractivity contribution < 1.29 is 9.66 Å². The number of halogens is 1. The molecule has 0 saturated heterocycles. The quantitative estimate of drug-likeness (QED) is 0.471. The van der Waals surface area contributed by atoms with Crippen molar-refractivity contribution in [2.45, 2.75) is 12.8 Å². The Balaban J connectivity index is 2.98. The fourth-order valence-electron chi connectivity index (χ4n) is 1.31. The van der Waals surface area contributed by atoms with E-state index >= 15 is 0 Å². The van der Waals surface area contributed by atoms with Crippen molar-refractivity contribution in [1.82, 2.24) is 0 Å². The predicted molar refractivity (Wildman–Crippen MR) is 61.8 cm³/mol. The lowest BCUT2D eigenvalue weighted by Gasteiger charge is -2.04. The van der Waals surface area contributed by atoms with E-state index in [1.807, 2.05) is 0 Å². The molecule has 0 saturated carbocycles. The van der Waals surface area contributed by atoms with Gasteiger partial charge in [-0.3, -0.25) is 10.1 Å². The first kappa shape index (κ1) is 12.0. The molecule has 5 heteroatoms. The Morgan fingerprint density at radius 3 is 2.80 bits per heavy atom. The molecular formula is C10H12BrNO3. The number of methoxy groups -OCH3 is 1. The molecule has 0 spiro atoms. The molecule has 0 unspecified atom stereocenters. The number of rotatable bonds is 5. The Kier molecular flexibility index (Phi) is 4.55. The molecule has 0 amide bonds. The topological polar surface area (TPSA) is 52.4 Å². The lowest BCUT2D eigenvalue weighted by Crippen LogP contribution is -1.97. The molecule has 1 aromatic rings. The van der Waals surface area contributed by atoms with Gasteiger partial charge in [0, 0.05) is 10.9 Å². The number of ether oxygens (including phenoxy) is 1. The van der Waals surface area contributed by atoms with Crippen LogP contribution in [-0.2, 0) is 6.42 Å². The third-order valence-electron chi connectivity index (χ3n) is 2.07. The van der Waals surface area contributed by atoms with Crippen LogP contribution in [0.4, 0.5) is 5.69 Å². The Morgan fingerprint density at radius 2 is 2.27 bits per heavy atom. The SMILES string of the molecule is COc1ccc(CCCBr)c([N+](=O)[O-])c1. The summed E-state index contributed by atoms with van der Waals surface area (Å²) in [5.41, 5.74) is 0.885. The fourth-order valence-corrected chi connectivity index (χ4v) is 1.59. The van der Waals surface area contributed by atoms with E-state index in [2.05, 4.69) is 15.9 Å². The molecule has 0 aliphatic carbocycles. The molecule has 0 heterocycles. The highest BCUT2D eigenvalue weighted by Gasteiger charge is 2.14. The lowest BCUT2D eigenvalue weighted by molar-refractivity contribution is -0.385. The fraction of sp³-hybridized carbons (Fsp3) is 0.400. The van der Waals surface area contributed by atoms with Gasteiger partial charge in [0.15, 0.2) is 0 Å². The Bertz CT molecular complexity index is 355. The second-order valence-electron chi connectivity index (χ2n) is 3.04. The maximum atomic E-state index is 10.8. The molecule has 82 valence electrons. The van der Waals surface area contributed by atoms with Crippen LogP contribution in [0.2, 0.25) is 0 Å². The summed E-state index contributed by atoms with van der Waals surface area (Å²) in [5, 5.41) is 11.6. The van der Waals surface area contributed by atoms with Crippen molar-refractivity contribution >= 4 is 21.6 Å². The van der Waals surface area contributed by atoms with E-state index in [1.165, 1.54) is 13.2 Å². The molecule has 0 aliphatic rings. The molecule has 0 aromatic heterocycles. The lowest BCUT2D eigenvalue weighted by atomic mass is 10.1. The second kappa shape index (κ2) is 5.70. The molecule has 1 aromatic carbocycles. The van der Waals surface area contributed by atoms with E-state index in [9.17, 15) is 10.1 Å². The normalized spacial score (nSPS) is 10.0. The number of alkyl halides is 1. The first-order chi connectivity index (χ1) is 7.19. The van der Waals surface area contributed by atoms with Gasteiger partial charge in [0.25, 0.3) is 5.69 Å². The van der Waals surface area contributed by atoms with Crippen molar-refractivity contribution in [3.8, 4) is 5.75 Å². The molecule has 1 rings (SSSR count). The van der Waals surface area contributed by atoms with Crippen LogP contribution in [0.1, 0.15) is 12.0 Å². The van der Waals surface area contributed by atoms with Crippen LogP contribution in [0.5, 0.6) is 5.75 Å². The molecular weight excluding hydrogens is 262 g/mol. The molecule has 0 bridgehead atoms. The summed E-state index contributed by atoms with van der Waals surface area (Å²) >= 11 is 3.30. The van der Waals surface area contributed by atoms with E-state index in [0.717, 1.165) is 17.3 Å². The maximum absolute atomic E-state index is 10.8. The largest absolute Gasteiger partial charge is 0.497 e. The maximum Gasteiger partial charge on any atom is 0.276 e. The number of hydrogen-bond acceptors (Lipinski definition) is 3. The highest BCUT2D eigenvalue weighted by Crippen LogP contribution is 2.25. The van der Waals surface area contributed by atoms with Gasteiger partial charge in [-0.2, -0.15) is 0 Å². The van der Waals surface area contributed by atoms with Gasteiger partial charge >= 0.3 is 0 Å². The number of nitrogens with zero attached hydrogens (tertiary/aromatic N) is 1. The van der Waals surface area contributed by atoms with Gasteiger partial charge in [0.2, 0.25) is 0 Å². The third-order valence-corrected chi connectivity index (χ3v) is 2.63. The number of nitro groups is 1. The van der Waals surface area contributed by atoms with Gasteiger partial charge in [0.05, 0.1) is 18.1 Å². The van der Waals surface area contributed by atoms with Gasteiger partial charge in [-0.05, 0) is 25.0 Å². The molecule has 0 fully saturated rings. The summed E-state index contributed by atoms with van der Waals surface area (Å²) in [5.74, 6) is 0.518. The Morgan fingerprint density at radius 1 is 1.53 bits per heavy atom. The van der Waals surface area contributed by atoms with Crippen molar-refractivity contribution in [3.63, 3.8) is 0 Å². The Labute approximate surface area is 96.5 Å². The number of aryl methyl sites for hydroxylation is 1. The van der Waals surface area contributed by atoms with Crippen molar-refractivity contribution in [3.05, 3.63) is 33.9 Å². The first-order valence-electron chi connectivity index (χ1n) is 4.56. The van der Waals surface area contributed by atoms with Crippen LogP contribution >= 0.6 is 15.9 Å². The number of nitro benzene ring substituents is 1. The van der Waals surface area contributed by atoms with Crippen LogP contribution in [0.15, 0.2) is 18.2 Å². The summed E-state index contributed by atoms with van der Waals surface area (Å²) in [6, 6.07) is 4.96. The van der Waals surface area contributed by atoms with Crippen LogP contribution in [0.25, 0.3) is 0 Å². The minimum Gasteiger partial charge on any atom is -0.497 e. The smallest absolute Gasteiger partial charge is 0.276 e. The summed E-state index contributed by atoms with van der Waals surface area (Å²) < 4.78 is 4.95. The third kappa shape index (κ3) is 3.20. The molecule has 0 radical (unpaired) electrons. The van der Waals surface area contributed by atoms with Gasteiger partial charge in [0.1, 0.15) is 5.75 Å². The predicted octanol–water partition coefficient (Wildman–Crippen LogP) is 2.93. The van der Waals surface area contributed by atoms with Crippen molar-refractivity contribution in [1.29, 1.82) is 0 Å². The monoisotopic (exact) mass is 273 g/mol. The Hall–Kier alpha value is -1.10. The van der Waals surface area contributed by atoms with Gasteiger partial charge in [-0.15, -0.1) is 0 Å². The van der Waals surface area contributed by atoms with E-state index in [0.29, 0.717) is 12.2 Å². The second-order valence-corrected chi connectivity index (χ2v) is 3.84. The standard InChI is InChI=1S/C10H12BrNO3/c1-15-9-5-4-8(3-2-6-11)10(7-9)12(13)14/h4-5,7H,2-3,6H2,1H3. The highest BCUT2D eigenvalue weighted by molar-refractivity contribution is 9.09. The van der Waals surface area contributed by atoms with Crippen LogP contribution in [-0.4, -0.2) is 17.4 Å². The van der Waals surface area contributed by atoms with E-state index < -0.39 is 0 Å². The average Bonchev–Trinajstić information content (AvgIpc) is 2.26. The minimum absolute atomic E-state index is 0.135. The van der Waals surface area contributed by atoms with E-state index in [-0.39, 0.29) is 10.6 Å². The van der Waals surface area contributed by atoms with E-state index in [4.69, 9.17) is 4.74 Å². The average molecular weight is 274 g/mol. The summed E-state index contributed by atoms with van der Waals surface area (Å²) in [4.78, 5) is 10.4. The van der Waals surface area contributed by atoms with Crippen LogP contribution < -0.4 is 4.74 Å². The zero-order valence-electron chi connectivity index (χ0n) is 8.40. The molecule has 15 heavy (non-hydrogen) atoms. The molecule has 0 atom stereocenters. The van der Waals surface area contributed by atoms with Gasteiger partial charge in [-0.1, -0.05) is 15.9 Å². The van der Waals surface area contributed by atoms with Crippen molar-refractivity contribution in [2.24, 2.45) is 0 Å². The minimum atomic E-state index is -0.369. The summed E-state index contributed by atoms with van der Waals surface area (Å²) in [6.45, 7) is 0. The molecule has 0 aliphatic heterocycles. The molecule has 0 N–H and O–H groups in total. The summed E-state index contributed by atoms with van der Waals surface area (Å²) in [6.07, 6.45) is 1.58. The van der Waals surface area contributed by atoms with E-state index in [1.54, 1.807) is 12.1 Å². The molecule has 4 nitrogen and oxygen atoms in total. The summed E-state index contributed by atoms with van der Waals surface area (Å²) in [7, 11) is 1.50. The van der Waals surface area contributed by atoms with Crippen LogP contribution in [0.3, 0.4) is 0 Å². The number of hydrogen-bond donors (Lipinski definition) is 0. The van der Waals surface area contributed by atoms with Gasteiger partial charge in [-0.25, -0.2) is 0 Å². The number of benzene rings is 1. The zero-order valence-corrected chi connectivity index (χ0v) is 9.99.